The Hall–Kier alpha value is -2.00. The fourth-order valence-electron chi connectivity index (χ4n) is 1.75. The van der Waals surface area contributed by atoms with Crippen molar-refractivity contribution >= 4 is 22.4 Å². The molecule has 17 heavy (non-hydrogen) atoms. The Balaban J connectivity index is 2.30. The van der Waals surface area contributed by atoms with Gasteiger partial charge >= 0.3 is 0 Å². The van der Waals surface area contributed by atoms with E-state index in [-0.39, 0.29) is 0 Å². The molecule has 0 N–H and O–H groups in total. The van der Waals surface area contributed by atoms with Gasteiger partial charge in [0.25, 0.3) is 0 Å². The van der Waals surface area contributed by atoms with E-state index in [0.29, 0.717) is 11.0 Å². The summed E-state index contributed by atoms with van der Waals surface area (Å²) in [5, 5.41) is 2.56. The molecular weight excluding hydrogens is 234 g/mol. The Morgan fingerprint density at radius 1 is 0.882 bits per heavy atom. The Labute approximate surface area is 103 Å². The third kappa shape index (κ3) is 1.85. The van der Waals surface area contributed by atoms with E-state index in [1.165, 1.54) is 0 Å². The molecule has 2 heterocycles. The Morgan fingerprint density at radius 2 is 1.71 bits per heavy atom. The molecule has 0 unspecified atom stereocenters. The predicted molar refractivity (Wildman–Crippen MR) is 67.8 cm³/mol. The maximum absolute atomic E-state index is 5.87. The van der Waals surface area contributed by atoms with E-state index in [1.807, 2.05) is 30.3 Å². The average Bonchev–Trinajstić information content (AvgIpc) is 2.38. The van der Waals surface area contributed by atoms with Crippen LogP contribution in [-0.4, -0.2) is 15.0 Å². The largest absolute Gasteiger partial charge is 0.252 e. The molecule has 0 amide bonds. The van der Waals surface area contributed by atoms with Gasteiger partial charge in [0.15, 0.2) is 5.82 Å². The molecule has 0 bridgehead atoms. The van der Waals surface area contributed by atoms with E-state index in [0.717, 1.165) is 16.5 Å². The summed E-state index contributed by atoms with van der Waals surface area (Å²) < 4.78 is 0. The first-order valence-electron chi connectivity index (χ1n) is 5.17. The molecule has 0 saturated carbocycles. The second-order valence-corrected chi connectivity index (χ2v) is 3.97. The minimum absolute atomic E-state index is 0.421. The van der Waals surface area contributed by atoms with Gasteiger partial charge in [0, 0.05) is 17.8 Å². The summed E-state index contributed by atoms with van der Waals surface area (Å²) in [7, 11) is 0. The molecule has 0 radical (unpaired) electrons. The number of fused-ring (bicyclic) bond motifs is 1. The van der Waals surface area contributed by atoms with Crippen molar-refractivity contribution in [2.75, 3.05) is 0 Å². The highest BCUT2D eigenvalue weighted by Crippen LogP contribution is 2.23. The van der Waals surface area contributed by atoms with Crippen molar-refractivity contribution in [3.8, 4) is 11.5 Å². The summed E-state index contributed by atoms with van der Waals surface area (Å²) in [6.07, 6.45) is 3.38. The van der Waals surface area contributed by atoms with Crippen molar-refractivity contribution in [3.63, 3.8) is 0 Å². The molecule has 3 aromatic rings. The molecule has 3 rings (SSSR count). The molecule has 2 aromatic heterocycles. The van der Waals surface area contributed by atoms with Crippen molar-refractivity contribution in [1.29, 1.82) is 0 Å². The molecule has 1 aromatic carbocycles. The van der Waals surface area contributed by atoms with Crippen LogP contribution in [0.15, 0.2) is 48.8 Å². The first-order valence-corrected chi connectivity index (χ1v) is 5.55. The minimum Gasteiger partial charge on any atom is -0.252 e. The zero-order valence-corrected chi connectivity index (χ0v) is 9.59. The maximum Gasteiger partial charge on any atom is 0.180 e. The molecule has 0 aliphatic carbocycles. The molecular formula is C13H8ClN3. The smallest absolute Gasteiger partial charge is 0.180 e. The standard InChI is InChI=1S/C13H8ClN3/c14-11-6-8-16-13(17-11)12-10-4-2-1-3-9(10)5-7-15-12/h1-8H. The van der Waals surface area contributed by atoms with Gasteiger partial charge in [-0.15, -0.1) is 0 Å². The molecule has 0 spiro atoms. The number of pyridine rings is 1. The lowest BCUT2D eigenvalue weighted by Gasteiger charge is -2.03. The van der Waals surface area contributed by atoms with Crippen LogP contribution in [0.5, 0.6) is 0 Å². The van der Waals surface area contributed by atoms with E-state index < -0.39 is 0 Å². The summed E-state index contributed by atoms with van der Waals surface area (Å²) in [6, 6.07) is 11.6. The second-order valence-electron chi connectivity index (χ2n) is 3.58. The van der Waals surface area contributed by atoms with Crippen LogP contribution in [0.2, 0.25) is 5.15 Å². The molecule has 4 heteroatoms. The number of hydrogen-bond donors (Lipinski definition) is 0. The fourth-order valence-corrected chi connectivity index (χ4v) is 1.88. The van der Waals surface area contributed by atoms with Gasteiger partial charge in [-0.2, -0.15) is 0 Å². The van der Waals surface area contributed by atoms with Crippen LogP contribution in [0.3, 0.4) is 0 Å². The Morgan fingerprint density at radius 3 is 2.59 bits per heavy atom. The van der Waals surface area contributed by atoms with Gasteiger partial charge in [-0.1, -0.05) is 35.9 Å². The van der Waals surface area contributed by atoms with Crippen molar-refractivity contribution < 1.29 is 0 Å². The summed E-state index contributed by atoms with van der Waals surface area (Å²) in [6.45, 7) is 0. The Kier molecular flexibility index (Phi) is 2.46. The molecule has 0 fully saturated rings. The third-order valence-corrected chi connectivity index (χ3v) is 2.72. The summed E-state index contributed by atoms with van der Waals surface area (Å²) in [5.74, 6) is 0.550. The van der Waals surface area contributed by atoms with Crippen LogP contribution >= 0.6 is 11.6 Å². The van der Waals surface area contributed by atoms with E-state index in [9.17, 15) is 0 Å². The van der Waals surface area contributed by atoms with Crippen LogP contribution in [-0.2, 0) is 0 Å². The van der Waals surface area contributed by atoms with E-state index in [1.54, 1.807) is 18.5 Å². The topological polar surface area (TPSA) is 38.7 Å². The number of halogens is 1. The average molecular weight is 242 g/mol. The van der Waals surface area contributed by atoms with Gasteiger partial charge in [-0.3, -0.25) is 4.98 Å². The SMILES string of the molecule is Clc1ccnc(-c2nccc3ccccc23)n1. The molecule has 0 aliphatic heterocycles. The number of hydrogen-bond acceptors (Lipinski definition) is 3. The van der Waals surface area contributed by atoms with Gasteiger partial charge in [0.05, 0.1) is 0 Å². The van der Waals surface area contributed by atoms with Gasteiger partial charge in [-0.25, -0.2) is 9.97 Å². The van der Waals surface area contributed by atoms with Crippen LogP contribution in [0.25, 0.3) is 22.3 Å². The zero-order chi connectivity index (χ0) is 11.7. The lowest BCUT2D eigenvalue weighted by molar-refractivity contribution is 1.15. The van der Waals surface area contributed by atoms with Crippen molar-refractivity contribution in [2.45, 2.75) is 0 Å². The van der Waals surface area contributed by atoms with Gasteiger partial charge in [0.1, 0.15) is 10.8 Å². The monoisotopic (exact) mass is 241 g/mol. The van der Waals surface area contributed by atoms with Crippen LogP contribution in [0, 0.1) is 0 Å². The van der Waals surface area contributed by atoms with Crippen molar-refractivity contribution in [1.82, 2.24) is 15.0 Å². The van der Waals surface area contributed by atoms with Crippen molar-refractivity contribution in [3.05, 3.63) is 53.9 Å². The third-order valence-electron chi connectivity index (χ3n) is 2.51. The van der Waals surface area contributed by atoms with Gasteiger partial charge in [-0.05, 0) is 17.5 Å². The normalized spacial score (nSPS) is 10.6. The zero-order valence-electron chi connectivity index (χ0n) is 8.84. The highest BCUT2D eigenvalue weighted by Gasteiger charge is 2.07. The van der Waals surface area contributed by atoms with Gasteiger partial charge < -0.3 is 0 Å². The Bertz CT molecular complexity index is 677. The maximum atomic E-state index is 5.87. The van der Waals surface area contributed by atoms with Gasteiger partial charge in [0.2, 0.25) is 0 Å². The predicted octanol–water partition coefficient (Wildman–Crippen LogP) is 3.35. The number of aromatic nitrogens is 3. The molecule has 0 atom stereocenters. The molecule has 0 aliphatic rings. The van der Waals surface area contributed by atoms with Crippen LogP contribution in [0.4, 0.5) is 0 Å². The highest BCUT2D eigenvalue weighted by molar-refractivity contribution is 6.29. The first-order chi connectivity index (χ1) is 8.34. The fraction of sp³-hybridized carbons (Fsp3) is 0. The minimum atomic E-state index is 0.421. The molecule has 3 nitrogen and oxygen atoms in total. The summed E-state index contributed by atoms with van der Waals surface area (Å²) in [5.41, 5.74) is 0.755. The number of rotatable bonds is 1. The number of nitrogens with zero attached hydrogens (tertiary/aromatic N) is 3. The van der Waals surface area contributed by atoms with E-state index >= 15 is 0 Å². The molecule has 0 saturated heterocycles. The lowest BCUT2D eigenvalue weighted by atomic mass is 10.1. The highest BCUT2D eigenvalue weighted by atomic mass is 35.5. The summed E-state index contributed by atoms with van der Waals surface area (Å²) >= 11 is 5.87. The molecule has 82 valence electrons. The van der Waals surface area contributed by atoms with Crippen molar-refractivity contribution in [2.24, 2.45) is 0 Å². The number of benzene rings is 1. The summed E-state index contributed by atoms with van der Waals surface area (Å²) in [4.78, 5) is 12.7. The lowest BCUT2D eigenvalue weighted by Crippen LogP contribution is -1.92. The van der Waals surface area contributed by atoms with Crippen LogP contribution in [0.1, 0.15) is 0 Å². The second kappa shape index (κ2) is 4.11. The van der Waals surface area contributed by atoms with Crippen LogP contribution < -0.4 is 0 Å². The van der Waals surface area contributed by atoms with E-state index in [2.05, 4.69) is 15.0 Å². The first kappa shape index (κ1) is 10.2. The quantitative estimate of drug-likeness (QED) is 0.614. The van der Waals surface area contributed by atoms with E-state index in [4.69, 9.17) is 11.6 Å².